The van der Waals surface area contributed by atoms with Crippen LogP contribution in [-0.4, -0.2) is 20.6 Å². The minimum Gasteiger partial charge on any atom is -0.458 e. The number of ether oxygens (including phenoxy) is 1. The zero-order valence-electron chi connectivity index (χ0n) is 15.7. The molecule has 29 heavy (non-hydrogen) atoms. The van der Waals surface area contributed by atoms with Crippen LogP contribution in [0.2, 0.25) is 0 Å². The zero-order valence-corrected chi connectivity index (χ0v) is 15.7. The Hall–Kier alpha value is -3.10. The van der Waals surface area contributed by atoms with Crippen molar-refractivity contribution < 1.29 is 19.0 Å². The number of carbonyl (C=O) groups excluding carboxylic acids is 1. The van der Waals surface area contributed by atoms with Gasteiger partial charge in [0.1, 0.15) is 12.4 Å². The molecule has 0 amide bonds. The summed E-state index contributed by atoms with van der Waals surface area (Å²) in [6.07, 6.45) is 0.0684. The molecule has 3 aromatic rings. The molecule has 8 heteroatoms. The van der Waals surface area contributed by atoms with Crippen LogP contribution in [0.3, 0.4) is 0 Å². The number of aliphatic hydroxyl groups is 1. The lowest BCUT2D eigenvalue weighted by molar-refractivity contribution is -0.172. The van der Waals surface area contributed by atoms with Crippen molar-refractivity contribution in [1.29, 1.82) is 0 Å². The summed E-state index contributed by atoms with van der Waals surface area (Å²) >= 11 is 0. The van der Waals surface area contributed by atoms with Gasteiger partial charge in [0.15, 0.2) is 5.60 Å². The lowest BCUT2D eigenvalue weighted by Crippen LogP contribution is -2.44. The maximum atomic E-state index is 14.5. The van der Waals surface area contributed by atoms with Gasteiger partial charge in [-0.2, -0.15) is 0 Å². The highest BCUT2D eigenvalue weighted by Gasteiger charge is 2.45. The quantitative estimate of drug-likeness (QED) is 0.500. The Balaban J connectivity index is 1.85. The zero-order chi connectivity index (χ0) is 20.5. The lowest BCUT2D eigenvalue weighted by atomic mass is 9.86. The van der Waals surface area contributed by atoms with Gasteiger partial charge in [-0.3, -0.25) is 4.79 Å². The summed E-state index contributed by atoms with van der Waals surface area (Å²) < 4.78 is 21.1. The van der Waals surface area contributed by atoms with Gasteiger partial charge in [0.05, 0.1) is 29.0 Å². The fourth-order valence-electron chi connectivity index (χ4n) is 4.40. The van der Waals surface area contributed by atoms with Crippen molar-refractivity contribution >= 4 is 16.9 Å². The van der Waals surface area contributed by atoms with Gasteiger partial charge < -0.3 is 20.1 Å². The Kier molecular flexibility index (Phi) is 3.68. The molecule has 0 saturated carbocycles. The van der Waals surface area contributed by atoms with Gasteiger partial charge in [-0.25, -0.2) is 14.2 Å². The summed E-state index contributed by atoms with van der Waals surface area (Å²) in [6, 6.07) is 6.24. The molecule has 2 aliphatic heterocycles. The van der Waals surface area contributed by atoms with E-state index in [1.54, 1.807) is 25.1 Å². The molecule has 1 aromatic carbocycles. The monoisotopic (exact) mass is 395 g/mol. The second kappa shape index (κ2) is 5.95. The van der Waals surface area contributed by atoms with Gasteiger partial charge >= 0.3 is 5.97 Å². The van der Waals surface area contributed by atoms with E-state index in [1.165, 1.54) is 10.6 Å². The first-order valence-electron chi connectivity index (χ1n) is 9.38. The molecule has 1 atom stereocenters. The van der Waals surface area contributed by atoms with Gasteiger partial charge in [-0.15, -0.1) is 0 Å². The first-order chi connectivity index (χ1) is 13.9. The SMILES string of the molecule is CC[C@@]1(O)C(=O)OCc2c1cc1n(c2=O)Cc2c-1nc1cccc(F)c1c2CN. The minimum atomic E-state index is -1.88. The third-order valence-corrected chi connectivity index (χ3v) is 5.98. The molecular formula is C21H18FN3O4. The smallest absolute Gasteiger partial charge is 0.343 e. The number of halogens is 1. The predicted molar refractivity (Wildman–Crippen MR) is 102 cm³/mol. The number of nitrogens with zero attached hydrogens (tertiary/aromatic N) is 2. The van der Waals surface area contributed by atoms with E-state index in [0.717, 1.165) is 0 Å². The maximum Gasteiger partial charge on any atom is 0.343 e. The lowest BCUT2D eigenvalue weighted by Gasteiger charge is -2.31. The molecule has 0 saturated heterocycles. The van der Waals surface area contributed by atoms with Crippen LogP contribution in [0.5, 0.6) is 0 Å². The second-order valence-corrected chi connectivity index (χ2v) is 7.36. The second-order valence-electron chi connectivity index (χ2n) is 7.36. The number of fused-ring (bicyclic) bond motifs is 5. The summed E-state index contributed by atoms with van der Waals surface area (Å²) in [5.41, 5.74) is 6.91. The van der Waals surface area contributed by atoms with Gasteiger partial charge in [-0.05, 0) is 30.2 Å². The number of aromatic nitrogens is 2. The Bertz CT molecular complexity index is 1280. The molecular weight excluding hydrogens is 377 g/mol. The van der Waals surface area contributed by atoms with Crippen LogP contribution >= 0.6 is 0 Å². The van der Waals surface area contributed by atoms with Crippen LogP contribution < -0.4 is 11.3 Å². The van der Waals surface area contributed by atoms with Crippen LogP contribution in [0.4, 0.5) is 4.39 Å². The van der Waals surface area contributed by atoms with Gasteiger partial charge in [-0.1, -0.05) is 13.0 Å². The number of rotatable bonds is 2. The first kappa shape index (κ1) is 18.0. The molecule has 148 valence electrons. The van der Waals surface area contributed by atoms with E-state index in [4.69, 9.17) is 10.5 Å². The van der Waals surface area contributed by atoms with E-state index in [9.17, 15) is 19.1 Å². The van der Waals surface area contributed by atoms with Crippen LogP contribution in [0.25, 0.3) is 22.3 Å². The standard InChI is InChI=1S/C21H18FN3O4/c1-2-21(28)13-6-16-18-11(8-25(16)19(26)12(13)9-29-20(21)27)10(7-23)17-14(22)4-3-5-15(17)24-18/h3-6,28H,2,7-9,23H2,1H3/t21-/m0/s1. The van der Waals surface area contributed by atoms with E-state index in [1.807, 2.05) is 0 Å². The van der Waals surface area contributed by atoms with Crippen LogP contribution in [0, 0.1) is 5.82 Å². The van der Waals surface area contributed by atoms with Crippen LogP contribution in [0.15, 0.2) is 29.1 Å². The fraction of sp³-hybridized carbons (Fsp3) is 0.286. The van der Waals surface area contributed by atoms with Gasteiger partial charge in [0, 0.05) is 23.1 Å². The number of benzene rings is 1. The molecule has 3 N–H and O–H groups in total. The number of carbonyl (C=O) groups is 1. The van der Waals surface area contributed by atoms with Gasteiger partial charge in [0.25, 0.3) is 5.56 Å². The summed E-state index contributed by atoms with van der Waals surface area (Å²) in [7, 11) is 0. The number of hydrogen-bond acceptors (Lipinski definition) is 6. The largest absolute Gasteiger partial charge is 0.458 e. The van der Waals surface area contributed by atoms with Gasteiger partial charge in [0.2, 0.25) is 0 Å². The molecule has 0 aliphatic carbocycles. The van der Waals surface area contributed by atoms with Crippen molar-refractivity contribution in [2.75, 3.05) is 0 Å². The highest BCUT2D eigenvalue weighted by molar-refractivity contribution is 5.89. The topological polar surface area (TPSA) is 107 Å². The van der Waals surface area contributed by atoms with Crippen molar-refractivity contribution in [2.45, 2.75) is 38.6 Å². The molecule has 0 bridgehead atoms. The first-order valence-corrected chi connectivity index (χ1v) is 9.38. The minimum absolute atomic E-state index is 0.0684. The summed E-state index contributed by atoms with van der Waals surface area (Å²) in [4.78, 5) is 30.0. The molecule has 0 radical (unpaired) electrons. The highest BCUT2D eigenvalue weighted by atomic mass is 19.1. The van der Waals surface area contributed by atoms with E-state index >= 15 is 0 Å². The van der Waals surface area contributed by atoms with E-state index in [0.29, 0.717) is 33.4 Å². The molecule has 0 fully saturated rings. The average Bonchev–Trinajstić information content (AvgIpc) is 3.08. The molecule has 7 nitrogen and oxygen atoms in total. The highest BCUT2D eigenvalue weighted by Crippen LogP contribution is 2.40. The Morgan fingerprint density at radius 2 is 2.14 bits per heavy atom. The maximum absolute atomic E-state index is 14.5. The molecule has 0 spiro atoms. The Labute approximate surface area is 164 Å². The van der Waals surface area contributed by atoms with Crippen LogP contribution in [-0.2, 0) is 34.8 Å². The molecule has 5 rings (SSSR count). The predicted octanol–water partition coefficient (Wildman–Crippen LogP) is 1.68. The van der Waals surface area contributed by atoms with Crippen molar-refractivity contribution in [3.8, 4) is 11.4 Å². The normalized spacial score (nSPS) is 19.7. The molecule has 4 heterocycles. The number of pyridine rings is 2. The summed E-state index contributed by atoms with van der Waals surface area (Å²) in [5.74, 6) is -1.19. The van der Waals surface area contributed by atoms with E-state index in [2.05, 4.69) is 4.98 Å². The number of nitrogens with two attached hydrogens (primary N) is 1. The van der Waals surface area contributed by atoms with E-state index < -0.39 is 17.4 Å². The number of hydrogen-bond donors (Lipinski definition) is 2. The van der Waals surface area contributed by atoms with Crippen molar-refractivity contribution in [3.63, 3.8) is 0 Å². The third-order valence-electron chi connectivity index (χ3n) is 5.98. The Morgan fingerprint density at radius 1 is 1.34 bits per heavy atom. The van der Waals surface area contributed by atoms with Crippen LogP contribution in [0.1, 0.15) is 35.6 Å². The van der Waals surface area contributed by atoms with Crippen molar-refractivity contribution in [2.24, 2.45) is 5.73 Å². The molecule has 2 aromatic heterocycles. The average molecular weight is 395 g/mol. The molecule has 2 aliphatic rings. The van der Waals surface area contributed by atoms with Crippen molar-refractivity contribution in [1.82, 2.24) is 9.55 Å². The third kappa shape index (κ3) is 2.21. The molecule has 0 unspecified atom stereocenters. The number of esters is 1. The number of cyclic esters (lactones) is 1. The fourth-order valence-corrected chi connectivity index (χ4v) is 4.40. The summed E-state index contributed by atoms with van der Waals surface area (Å²) in [5, 5.41) is 11.3. The van der Waals surface area contributed by atoms with Crippen molar-refractivity contribution in [3.05, 3.63) is 62.7 Å². The van der Waals surface area contributed by atoms with E-state index in [-0.39, 0.29) is 42.8 Å². The summed E-state index contributed by atoms with van der Waals surface area (Å²) in [6.45, 7) is 1.74. The Morgan fingerprint density at radius 3 is 2.86 bits per heavy atom.